The van der Waals surface area contributed by atoms with Gasteiger partial charge in [-0.15, -0.1) is 0 Å². The molecule has 0 bridgehead atoms. The van der Waals surface area contributed by atoms with E-state index in [2.05, 4.69) is 4.98 Å². The third-order valence-electron chi connectivity index (χ3n) is 3.74. The minimum atomic E-state index is -0.449. The number of benzene rings is 1. The smallest absolute Gasteiger partial charge is 0.297 e. The molecule has 4 nitrogen and oxygen atoms in total. The zero-order chi connectivity index (χ0) is 15.6. The SMILES string of the molecule is CCC(CC)n1c(=O)[nH]c(Cl)c(-c2ccc(C)cc2)c1=O. The average molecular weight is 307 g/mol. The number of aromatic nitrogens is 2. The van der Waals surface area contributed by atoms with Crippen molar-refractivity contribution in [3.63, 3.8) is 0 Å². The number of hydrogen-bond acceptors (Lipinski definition) is 2. The second-order valence-electron chi connectivity index (χ2n) is 5.13. The first-order valence-electron chi connectivity index (χ1n) is 7.10. The van der Waals surface area contributed by atoms with E-state index < -0.39 is 5.69 Å². The first-order chi connectivity index (χ1) is 9.99. The van der Waals surface area contributed by atoms with Crippen LogP contribution in [0.2, 0.25) is 5.15 Å². The summed E-state index contributed by atoms with van der Waals surface area (Å²) in [6, 6.07) is 7.39. The lowest BCUT2D eigenvalue weighted by Crippen LogP contribution is -2.38. The number of nitrogens with zero attached hydrogens (tertiary/aromatic N) is 1. The molecule has 0 saturated heterocycles. The van der Waals surface area contributed by atoms with Crippen LogP contribution in [0.4, 0.5) is 0 Å². The Morgan fingerprint density at radius 2 is 1.71 bits per heavy atom. The molecule has 1 aromatic carbocycles. The van der Waals surface area contributed by atoms with Gasteiger partial charge in [0.2, 0.25) is 0 Å². The molecule has 2 aromatic rings. The van der Waals surface area contributed by atoms with Gasteiger partial charge in [0.15, 0.2) is 0 Å². The number of aromatic amines is 1. The van der Waals surface area contributed by atoms with E-state index in [1.807, 2.05) is 45.0 Å². The number of halogens is 1. The molecule has 0 fully saturated rings. The van der Waals surface area contributed by atoms with E-state index in [4.69, 9.17) is 11.6 Å². The van der Waals surface area contributed by atoms with E-state index >= 15 is 0 Å². The highest BCUT2D eigenvalue weighted by atomic mass is 35.5. The van der Waals surface area contributed by atoms with Gasteiger partial charge in [0.1, 0.15) is 5.15 Å². The van der Waals surface area contributed by atoms with Crippen LogP contribution in [-0.2, 0) is 0 Å². The molecule has 0 aliphatic rings. The van der Waals surface area contributed by atoms with Gasteiger partial charge >= 0.3 is 5.69 Å². The molecule has 1 heterocycles. The quantitative estimate of drug-likeness (QED) is 0.879. The van der Waals surface area contributed by atoms with Gasteiger partial charge < -0.3 is 0 Å². The lowest BCUT2D eigenvalue weighted by Gasteiger charge is -2.16. The molecule has 1 aromatic heterocycles. The van der Waals surface area contributed by atoms with Crippen LogP contribution in [0.3, 0.4) is 0 Å². The predicted octanol–water partition coefficient (Wildman–Crippen LogP) is 3.53. The Labute approximate surface area is 128 Å². The number of aryl methyl sites for hydroxylation is 1. The van der Waals surface area contributed by atoms with Crippen LogP contribution in [0.1, 0.15) is 38.3 Å². The largest absolute Gasteiger partial charge is 0.329 e. The number of rotatable bonds is 4. The highest BCUT2D eigenvalue weighted by Gasteiger charge is 2.18. The highest BCUT2D eigenvalue weighted by molar-refractivity contribution is 6.32. The molecule has 0 atom stereocenters. The van der Waals surface area contributed by atoms with Crippen LogP contribution in [-0.4, -0.2) is 9.55 Å². The Kier molecular flexibility index (Phi) is 4.68. The van der Waals surface area contributed by atoms with Gasteiger partial charge in [0, 0.05) is 6.04 Å². The van der Waals surface area contributed by atoms with Crippen LogP contribution in [0.15, 0.2) is 33.9 Å². The summed E-state index contributed by atoms with van der Waals surface area (Å²) in [4.78, 5) is 27.4. The monoisotopic (exact) mass is 306 g/mol. The molecule has 0 unspecified atom stereocenters. The average Bonchev–Trinajstić information content (AvgIpc) is 2.45. The molecule has 0 aliphatic heterocycles. The molecule has 2 rings (SSSR count). The summed E-state index contributed by atoms with van der Waals surface area (Å²) in [5.41, 5.74) is 1.38. The normalized spacial score (nSPS) is 11.1. The van der Waals surface area contributed by atoms with Crippen LogP contribution in [0.25, 0.3) is 11.1 Å². The second-order valence-corrected chi connectivity index (χ2v) is 5.51. The Bertz CT molecular complexity index is 740. The Balaban J connectivity index is 2.73. The van der Waals surface area contributed by atoms with E-state index in [0.717, 1.165) is 5.56 Å². The van der Waals surface area contributed by atoms with E-state index in [1.54, 1.807) is 0 Å². The van der Waals surface area contributed by atoms with Crippen molar-refractivity contribution >= 4 is 11.6 Å². The third kappa shape index (κ3) is 2.95. The van der Waals surface area contributed by atoms with Crippen LogP contribution in [0, 0.1) is 6.92 Å². The molecular formula is C16H19ClN2O2. The first kappa shape index (κ1) is 15.6. The van der Waals surface area contributed by atoms with Crippen molar-refractivity contribution in [2.75, 3.05) is 0 Å². The Morgan fingerprint density at radius 3 is 2.24 bits per heavy atom. The van der Waals surface area contributed by atoms with Crippen molar-refractivity contribution < 1.29 is 0 Å². The van der Waals surface area contributed by atoms with Crippen molar-refractivity contribution in [3.05, 3.63) is 55.8 Å². The van der Waals surface area contributed by atoms with Gasteiger partial charge in [-0.25, -0.2) is 4.79 Å². The zero-order valence-corrected chi connectivity index (χ0v) is 13.2. The van der Waals surface area contributed by atoms with Gasteiger partial charge in [0.25, 0.3) is 5.56 Å². The van der Waals surface area contributed by atoms with Gasteiger partial charge in [-0.2, -0.15) is 0 Å². The molecular weight excluding hydrogens is 288 g/mol. The maximum absolute atomic E-state index is 12.7. The van der Waals surface area contributed by atoms with Crippen LogP contribution < -0.4 is 11.2 Å². The van der Waals surface area contributed by atoms with Crippen molar-refractivity contribution in [2.45, 2.75) is 39.7 Å². The lowest BCUT2D eigenvalue weighted by molar-refractivity contribution is 0.440. The van der Waals surface area contributed by atoms with E-state index in [9.17, 15) is 9.59 Å². The molecule has 1 N–H and O–H groups in total. The van der Waals surface area contributed by atoms with Crippen molar-refractivity contribution in [2.24, 2.45) is 0 Å². The fourth-order valence-corrected chi connectivity index (χ4v) is 2.75. The first-order valence-corrected chi connectivity index (χ1v) is 7.48. The van der Waals surface area contributed by atoms with E-state index in [-0.39, 0.29) is 16.8 Å². The Hall–Kier alpha value is -1.81. The molecule has 0 saturated carbocycles. The standard InChI is InChI=1S/C16H19ClN2O2/c1-4-12(5-2)19-15(20)13(14(17)18-16(19)21)11-8-6-10(3)7-9-11/h6-9,12H,4-5H2,1-3H3,(H,18,21). The Morgan fingerprint density at radius 1 is 1.14 bits per heavy atom. The summed E-state index contributed by atoms with van der Waals surface area (Å²) in [5, 5.41) is 0.0936. The van der Waals surface area contributed by atoms with Gasteiger partial charge in [-0.3, -0.25) is 14.3 Å². The fraction of sp³-hybridized carbons (Fsp3) is 0.375. The van der Waals surface area contributed by atoms with E-state index in [1.165, 1.54) is 4.57 Å². The molecule has 0 amide bonds. The maximum Gasteiger partial charge on any atom is 0.329 e. The summed E-state index contributed by atoms with van der Waals surface area (Å²) >= 11 is 6.10. The number of hydrogen-bond donors (Lipinski definition) is 1. The number of H-pyrrole nitrogens is 1. The summed E-state index contributed by atoms with van der Waals surface area (Å²) in [5.74, 6) is 0. The van der Waals surface area contributed by atoms with Gasteiger partial charge in [0.05, 0.1) is 5.56 Å². The lowest BCUT2D eigenvalue weighted by atomic mass is 10.1. The maximum atomic E-state index is 12.7. The van der Waals surface area contributed by atoms with E-state index in [0.29, 0.717) is 24.0 Å². The molecule has 0 spiro atoms. The summed E-state index contributed by atoms with van der Waals surface area (Å²) in [6.45, 7) is 5.89. The molecule has 21 heavy (non-hydrogen) atoms. The summed E-state index contributed by atoms with van der Waals surface area (Å²) < 4.78 is 1.28. The highest BCUT2D eigenvalue weighted by Crippen LogP contribution is 2.23. The van der Waals surface area contributed by atoms with Gasteiger partial charge in [-0.05, 0) is 25.3 Å². The van der Waals surface area contributed by atoms with Crippen molar-refractivity contribution in [1.82, 2.24) is 9.55 Å². The summed E-state index contributed by atoms with van der Waals surface area (Å²) in [6.07, 6.45) is 1.43. The zero-order valence-electron chi connectivity index (χ0n) is 12.4. The molecule has 5 heteroatoms. The number of nitrogens with one attached hydrogen (secondary N) is 1. The predicted molar refractivity (Wildman–Crippen MR) is 86.1 cm³/mol. The van der Waals surface area contributed by atoms with Crippen molar-refractivity contribution in [3.8, 4) is 11.1 Å². The minimum Gasteiger partial charge on any atom is -0.297 e. The van der Waals surface area contributed by atoms with Gasteiger partial charge in [-0.1, -0.05) is 55.3 Å². The van der Waals surface area contributed by atoms with Crippen molar-refractivity contribution in [1.29, 1.82) is 0 Å². The minimum absolute atomic E-state index is 0.0936. The van der Waals surface area contributed by atoms with Crippen LogP contribution >= 0.6 is 11.6 Å². The molecule has 0 aliphatic carbocycles. The van der Waals surface area contributed by atoms with Crippen LogP contribution in [0.5, 0.6) is 0 Å². The second kappa shape index (κ2) is 6.31. The molecule has 112 valence electrons. The topological polar surface area (TPSA) is 54.9 Å². The molecule has 0 radical (unpaired) electrons. The summed E-state index contributed by atoms with van der Waals surface area (Å²) in [7, 11) is 0. The fourth-order valence-electron chi connectivity index (χ4n) is 2.48. The third-order valence-corrected chi connectivity index (χ3v) is 4.02.